The number of halogens is 1. The number of rotatable bonds is 10. The van der Waals surface area contributed by atoms with E-state index in [0.717, 1.165) is 47.3 Å². The van der Waals surface area contributed by atoms with Gasteiger partial charge >= 0.3 is 0 Å². The molecule has 0 fully saturated rings. The third-order valence-corrected chi connectivity index (χ3v) is 5.21. The Labute approximate surface area is 214 Å². The second kappa shape index (κ2) is 13.5. The number of ether oxygens (including phenoxy) is 3. The number of hydrogen-bond donors (Lipinski definition) is 2. The fraction of sp³-hybridized carbons (Fsp3) is 0.480. The Bertz CT molecular complexity index is 921. The standard InChI is InChI=1S/C25H36N4O3.HI/c1-6-30-23-14-20-12-18(2)32-24(20)15-21(23)17-28-25(26-3)27-16-19-8-7-9-22(13-19)31-11-10-29(4)5;/h7-9,13-15,18H,6,10-12,16-17H2,1-5H3,(H2,26,27,28);1H. The minimum absolute atomic E-state index is 0. The van der Waals surface area contributed by atoms with E-state index in [1.807, 2.05) is 33.2 Å². The average molecular weight is 569 g/mol. The average Bonchev–Trinajstić information content (AvgIpc) is 3.13. The van der Waals surface area contributed by atoms with Crippen LogP contribution in [-0.2, 0) is 19.5 Å². The number of benzene rings is 2. The smallest absolute Gasteiger partial charge is 0.191 e. The first-order valence-electron chi connectivity index (χ1n) is 11.2. The molecule has 0 aromatic heterocycles. The van der Waals surface area contributed by atoms with Crippen molar-refractivity contribution in [2.24, 2.45) is 4.99 Å². The molecular weight excluding hydrogens is 531 g/mol. The van der Waals surface area contributed by atoms with Gasteiger partial charge in [0.25, 0.3) is 0 Å². The molecule has 3 rings (SSSR count). The molecule has 182 valence electrons. The summed E-state index contributed by atoms with van der Waals surface area (Å²) in [7, 11) is 5.85. The first kappa shape index (κ1) is 27.0. The summed E-state index contributed by atoms with van der Waals surface area (Å²) in [6, 6.07) is 12.3. The zero-order valence-electron chi connectivity index (χ0n) is 20.3. The number of likely N-dealkylation sites (N-methyl/N-ethyl adjacent to an activating group) is 1. The van der Waals surface area contributed by atoms with Gasteiger partial charge in [-0.25, -0.2) is 0 Å². The van der Waals surface area contributed by atoms with Crippen molar-refractivity contribution in [1.29, 1.82) is 0 Å². The van der Waals surface area contributed by atoms with E-state index in [0.29, 0.717) is 26.3 Å². The lowest BCUT2D eigenvalue weighted by molar-refractivity contribution is 0.254. The summed E-state index contributed by atoms with van der Waals surface area (Å²) < 4.78 is 17.6. The highest BCUT2D eigenvalue weighted by atomic mass is 127. The summed E-state index contributed by atoms with van der Waals surface area (Å²) in [6.07, 6.45) is 1.13. The zero-order valence-corrected chi connectivity index (χ0v) is 22.6. The Morgan fingerprint density at radius 3 is 2.67 bits per heavy atom. The number of guanidine groups is 1. The molecule has 1 aliphatic heterocycles. The van der Waals surface area contributed by atoms with Gasteiger partial charge in [-0.1, -0.05) is 12.1 Å². The molecule has 1 aliphatic rings. The number of hydrogen-bond acceptors (Lipinski definition) is 5. The predicted molar refractivity (Wildman–Crippen MR) is 144 cm³/mol. The van der Waals surface area contributed by atoms with Crippen LogP contribution in [0.2, 0.25) is 0 Å². The predicted octanol–water partition coefficient (Wildman–Crippen LogP) is 3.83. The Morgan fingerprint density at radius 1 is 1.15 bits per heavy atom. The van der Waals surface area contributed by atoms with Crippen LogP contribution in [0, 0.1) is 0 Å². The molecule has 2 N–H and O–H groups in total. The largest absolute Gasteiger partial charge is 0.494 e. The number of nitrogens with zero attached hydrogens (tertiary/aromatic N) is 2. The van der Waals surface area contributed by atoms with Gasteiger partial charge in [-0.2, -0.15) is 0 Å². The van der Waals surface area contributed by atoms with Crippen molar-refractivity contribution in [3.05, 3.63) is 53.1 Å². The highest BCUT2D eigenvalue weighted by molar-refractivity contribution is 14.0. The highest BCUT2D eigenvalue weighted by Crippen LogP contribution is 2.35. The van der Waals surface area contributed by atoms with Crippen LogP contribution in [0.4, 0.5) is 0 Å². The second-order valence-corrected chi connectivity index (χ2v) is 8.21. The third-order valence-electron chi connectivity index (χ3n) is 5.21. The molecule has 0 radical (unpaired) electrons. The molecule has 8 heteroatoms. The molecule has 1 heterocycles. The summed E-state index contributed by atoms with van der Waals surface area (Å²) in [5.74, 6) is 3.45. The highest BCUT2D eigenvalue weighted by Gasteiger charge is 2.21. The number of nitrogens with one attached hydrogen (secondary N) is 2. The monoisotopic (exact) mass is 568 g/mol. The lowest BCUT2D eigenvalue weighted by Gasteiger charge is -2.16. The van der Waals surface area contributed by atoms with Gasteiger partial charge in [0.2, 0.25) is 0 Å². The maximum Gasteiger partial charge on any atom is 0.191 e. The fourth-order valence-electron chi connectivity index (χ4n) is 3.59. The van der Waals surface area contributed by atoms with Crippen LogP contribution in [0.5, 0.6) is 17.2 Å². The Balaban J connectivity index is 0.00000385. The molecule has 0 saturated heterocycles. The van der Waals surface area contributed by atoms with E-state index in [2.05, 4.69) is 51.7 Å². The van der Waals surface area contributed by atoms with Crippen molar-refractivity contribution in [2.45, 2.75) is 39.5 Å². The first-order valence-corrected chi connectivity index (χ1v) is 11.2. The van der Waals surface area contributed by atoms with Gasteiger partial charge in [-0.15, -0.1) is 24.0 Å². The minimum Gasteiger partial charge on any atom is -0.494 e. The number of fused-ring (bicyclic) bond motifs is 1. The van der Waals surface area contributed by atoms with Crippen LogP contribution in [0.3, 0.4) is 0 Å². The van der Waals surface area contributed by atoms with Crippen LogP contribution in [0.25, 0.3) is 0 Å². The molecule has 0 aliphatic carbocycles. The van der Waals surface area contributed by atoms with Gasteiger partial charge in [0, 0.05) is 44.2 Å². The molecule has 33 heavy (non-hydrogen) atoms. The molecule has 0 saturated carbocycles. The topological polar surface area (TPSA) is 67.3 Å². The molecule has 0 bridgehead atoms. The van der Waals surface area contributed by atoms with Crippen LogP contribution < -0.4 is 24.8 Å². The molecule has 0 spiro atoms. The Morgan fingerprint density at radius 2 is 1.94 bits per heavy atom. The number of aliphatic imine (C=N–C) groups is 1. The van der Waals surface area contributed by atoms with E-state index < -0.39 is 0 Å². The first-order chi connectivity index (χ1) is 15.5. The van der Waals surface area contributed by atoms with Gasteiger partial charge in [-0.3, -0.25) is 4.99 Å². The SMILES string of the molecule is CCOc1cc2c(cc1CNC(=NC)NCc1cccc(OCCN(C)C)c1)OC(C)C2.I. The summed E-state index contributed by atoms with van der Waals surface area (Å²) in [5.41, 5.74) is 3.39. The van der Waals surface area contributed by atoms with E-state index in [1.54, 1.807) is 7.05 Å². The quantitative estimate of drug-likeness (QED) is 0.258. The molecule has 7 nitrogen and oxygen atoms in total. The Kier molecular flexibility index (Phi) is 11.1. The van der Waals surface area contributed by atoms with Crippen molar-refractivity contribution in [3.8, 4) is 17.2 Å². The molecular formula is C25H37IN4O3. The van der Waals surface area contributed by atoms with Crippen molar-refractivity contribution >= 4 is 29.9 Å². The summed E-state index contributed by atoms with van der Waals surface area (Å²) in [6.45, 7) is 7.51. The molecule has 2 aromatic carbocycles. The van der Waals surface area contributed by atoms with Crippen molar-refractivity contribution in [3.63, 3.8) is 0 Å². The van der Waals surface area contributed by atoms with Crippen LogP contribution >= 0.6 is 24.0 Å². The van der Waals surface area contributed by atoms with Crippen LogP contribution in [0.1, 0.15) is 30.5 Å². The normalized spacial score (nSPS) is 14.8. The van der Waals surface area contributed by atoms with Crippen molar-refractivity contribution in [2.75, 3.05) is 40.9 Å². The van der Waals surface area contributed by atoms with Crippen LogP contribution in [-0.4, -0.2) is 57.9 Å². The van der Waals surface area contributed by atoms with Gasteiger partial charge in [0.15, 0.2) is 5.96 Å². The van der Waals surface area contributed by atoms with Crippen molar-refractivity contribution < 1.29 is 14.2 Å². The zero-order chi connectivity index (χ0) is 22.9. The van der Waals surface area contributed by atoms with Crippen LogP contribution in [0.15, 0.2) is 41.4 Å². The van der Waals surface area contributed by atoms with E-state index >= 15 is 0 Å². The molecule has 1 atom stereocenters. The van der Waals surface area contributed by atoms with E-state index in [1.165, 1.54) is 5.56 Å². The second-order valence-electron chi connectivity index (χ2n) is 8.21. The third kappa shape index (κ3) is 8.26. The summed E-state index contributed by atoms with van der Waals surface area (Å²) in [4.78, 5) is 6.46. The Hall–Kier alpha value is -2.20. The van der Waals surface area contributed by atoms with Gasteiger partial charge in [0.1, 0.15) is 30.0 Å². The minimum atomic E-state index is 0. The van der Waals surface area contributed by atoms with E-state index in [9.17, 15) is 0 Å². The maximum absolute atomic E-state index is 5.93. The van der Waals surface area contributed by atoms with Gasteiger partial charge in [-0.05, 0) is 57.8 Å². The molecule has 2 aromatic rings. The molecule has 1 unspecified atom stereocenters. The fourth-order valence-corrected chi connectivity index (χ4v) is 3.59. The lowest BCUT2D eigenvalue weighted by atomic mass is 10.1. The summed E-state index contributed by atoms with van der Waals surface area (Å²) in [5, 5.41) is 6.76. The van der Waals surface area contributed by atoms with Crippen molar-refractivity contribution in [1.82, 2.24) is 15.5 Å². The van der Waals surface area contributed by atoms with Gasteiger partial charge < -0.3 is 29.7 Å². The molecule has 0 amide bonds. The van der Waals surface area contributed by atoms with E-state index in [4.69, 9.17) is 14.2 Å². The lowest BCUT2D eigenvalue weighted by Crippen LogP contribution is -2.36. The van der Waals surface area contributed by atoms with Gasteiger partial charge in [0.05, 0.1) is 6.61 Å². The van der Waals surface area contributed by atoms with E-state index in [-0.39, 0.29) is 30.1 Å². The maximum atomic E-state index is 5.93. The summed E-state index contributed by atoms with van der Waals surface area (Å²) >= 11 is 0.